The lowest BCUT2D eigenvalue weighted by Gasteiger charge is -2.13. The number of methoxy groups -OCH3 is 1. The van der Waals surface area contributed by atoms with Gasteiger partial charge < -0.3 is 10.1 Å². The highest BCUT2D eigenvalue weighted by Crippen LogP contribution is 2.29. The van der Waals surface area contributed by atoms with Crippen LogP contribution in [-0.4, -0.2) is 21.4 Å². The SMILES string of the molecule is COc1ccc(S(=O)(=O)Nc2ccc(Cl)cc2)cc1NC(=O)Cc1ccc(Cl)cc1. The minimum absolute atomic E-state index is 0.0277. The maximum atomic E-state index is 12.7. The van der Waals surface area contributed by atoms with Crippen LogP contribution in [0, 0.1) is 0 Å². The van der Waals surface area contributed by atoms with E-state index in [-0.39, 0.29) is 22.9 Å². The summed E-state index contributed by atoms with van der Waals surface area (Å²) >= 11 is 11.7. The Kier molecular flexibility index (Phi) is 6.87. The van der Waals surface area contributed by atoms with Crippen molar-refractivity contribution in [2.75, 3.05) is 17.1 Å². The zero-order valence-corrected chi connectivity index (χ0v) is 18.2. The molecule has 9 heteroatoms. The molecule has 156 valence electrons. The lowest BCUT2D eigenvalue weighted by molar-refractivity contribution is -0.115. The van der Waals surface area contributed by atoms with Crippen LogP contribution in [0.3, 0.4) is 0 Å². The summed E-state index contributed by atoms with van der Waals surface area (Å²) in [5.74, 6) is 0.0146. The van der Waals surface area contributed by atoms with Crippen molar-refractivity contribution in [3.05, 3.63) is 82.3 Å². The van der Waals surface area contributed by atoms with Crippen molar-refractivity contribution in [2.24, 2.45) is 0 Å². The van der Waals surface area contributed by atoms with Gasteiger partial charge in [-0.1, -0.05) is 35.3 Å². The van der Waals surface area contributed by atoms with Crippen molar-refractivity contribution < 1.29 is 17.9 Å². The van der Waals surface area contributed by atoms with Gasteiger partial charge in [-0.05, 0) is 60.2 Å². The van der Waals surface area contributed by atoms with Gasteiger partial charge in [-0.3, -0.25) is 9.52 Å². The number of carbonyl (C=O) groups is 1. The molecule has 0 radical (unpaired) electrons. The number of ether oxygens (including phenoxy) is 1. The summed E-state index contributed by atoms with van der Waals surface area (Å²) in [6.45, 7) is 0. The summed E-state index contributed by atoms with van der Waals surface area (Å²) < 4.78 is 33.2. The van der Waals surface area contributed by atoms with Crippen LogP contribution < -0.4 is 14.8 Å². The number of hydrogen-bond donors (Lipinski definition) is 2. The molecule has 0 saturated heterocycles. The zero-order valence-electron chi connectivity index (χ0n) is 15.9. The van der Waals surface area contributed by atoms with Gasteiger partial charge in [0, 0.05) is 15.7 Å². The number of nitrogens with one attached hydrogen (secondary N) is 2. The first-order chi connectivity index (χ1) is 14.3. The quantitative estimate of drug-likeness (QED) is 0.515. The van der Waals surface area contributed by atoms with Crippen LogP contribution >= 0.6 is 23.2 Å². The standard InChI is InChI=1S/C21H18Cl2N2O4S/c1-29-20-11-10-18(30(27,28)25-17-8-6-16(23)7-9-17)13-19(20)24-21(26)12-14-2-4-15(22)5-3-14/h2-11,13,25H,12H2,1H3,(H,24,26). The molecular weight excluding hydrogens is 447 g/mol. The van der Waals surface area contributed by atoms with Gasteiger partial charge in [0.25, 0.3) is 10.0 Å². The molecule has 2 N–H and O–H groups in total. The van der Waals surface area contributed by atoms with Gasteiger partial charge in [-0.15, -0.1) is 0 Å². The maximum absolute atomic E-state index is 12.7. The van der Waals surface area contributed by atoms with Crippen molar-refractivity contribution in [3.63, 3.8) is 0 Å². The highest BCUT2D eigenvalue weighted by molar-refractivity contribution is 7.92. The Hall–Kier alpha value is -2.74. The van der Waals surface area contributed by atoms with Gasteiger partial charge in [0.15, 0.2) is 0 Å². The number of amides is 1. The van der Waals surface area contributed by atoms with E-state index in [0.29, 0.717) is 21.5 Å². The maximum Gasteiger partial charge on any atom is 0.261 e. The molecule has 0 aromatic heterocycles. The molecule has 3 aromatic rings. The van der Waals surface area contributed by atoms with Crippen LogP contribution in [0.5, 0.6) is 5.75 Å². The second-order valence-electron chi connectivity index (χ2n) is 6.33. The van der Waals surface area contributed by atoms with Crippen LogP contribution in [0.25, 0.3) is 0 Å². The predicted molar refractivity (Wildman–Crippen MR) is 119 cm³/mol. The zero-order chi connectivity index (χ0) is 21.7. The Morgan fingerprint density at radius 1 is 0.933 bits per heavy atom. The number of anilines is 2. The van der Waals surface area contributed by atoms with E-state index in [4.69, 9.17) is 27.9 Å². The first kappa shape index (κ1) is 22.0. The molecule has 0 aliphatic carbocycles. The van der Waals surface area contributed by atoms with E-state index >= 15 is 0 Å². The average Bonchev–Trinajstić information content (AvgIpc) is 2.71. The molecule has 3 aromatic carbocycles. The summed E-state index contributed by atoms with van der Waals surface area (Å²) in [7, 11) is -2.45. The molecule has 6 nitrogen and oxygen atoms in total. The lowest BCUT2D eigenvalue weighted by Crippen LogP contribution is -2.17. The van der Waals surface area contributed by atoms with E-state index in [1.807, 2.05) is 0 Å². The van der Waals surface area contributed by atoms with Crippen LogP contribution in [0.4, 0.5) is 11.4 Å². The highest BCUT2D eigenvalue weighted by Gasteiger charge is 2.18. The van der Waals surface area contributed by atoms with E-state index in [9.17, 15) is 13.2 Å². The number of benzene rings is 3. The number of halogens is 2. The second-order valence-corrected chi connectivity index (χ2v) is 8.88. The molecule has 1 amide bonds. The molecule has 3 rings (SSSR count). The van der Waals surface area contributed by atoms with Crippen LogP contribution in [0.1, 0.15) is 5.56 Å². The molecule has 30 heavy (non-hydrogen) atoms. The molecule has 0 unspecified atom stereocenters. The van der Waals surface area contributed by atoms with Crippen LogP contribution in [0.2, 0.25) is 10.0 Å². The number of carbonyl (C=O) groups excluding carboxylic acids is 1. The predicted octanol–water partition coefficient (Wildman–Crippen LogP) is 4.98. The molecule has 0 bridgehead atoms. The molecule has 0 aliphatic heterocycles. The van der Waals surface area contributed by atoms with Gasteiger partial charge in [0.1, 0.15) is 5.75 Å². The van der Waals surface area contributed by atoms with Crippen LogP contribution in [0.15, 0.2) is 71.6 Å². The van der Waals surface area contributed by atoms with Crippen molar-refractivity contribution in [1.82, 2.24) is 0 Å². The highest BCUT2D eigenvalue weighted by atomic mass is 35.5. The Morgan fingerprint density at radius 2 is 1.53 bits per heavy atom. The van der Waals surface area contributed by atoms with E-state index in [2.05, 4.69) is 10.0 Å². The summed E-state index contributed by atoms with van der Waals surface area (Å²) in [5, 5.41) is 3.77. The van der Waals surface area contributed by atoms with Crippen molar-refractivity contribution in [1.29, 1.82) is 0 Å². The fourth-order valence-electron chi connectivity index (χ4n) is 2.67. The molecule has 0 saturated carbocycles. The third-order valence-corrected chi connectivity index (χ3v) is 6.01. The molecular formula is C21H18Cl2N2O4S. The minimum Gasteiger partial charge on any atom is -0.495 e. The third kappa shape index (κ3) is 5.66. The topological polar surface area (TPSA) is 84.5 Å². The van der Waals surface area contributed by atoms with Gasteiger partial charge in [0.2, 0.25) is 5.91 Å². The first-order valence-electron chi connectivity index (χ1n) is 8.77. The fraction of sp³-hybridized carbons (Fsp3) is 0.0952. The molecule has 0 atom stereocenters. The summed E-state index contributed by atoms with van der Waals surface area (Å²) in [5.41, 5.74) is 1.38. The third-order valence-electron chi connectivity index (χ3n) is 4.13. The van der Waals surface area contributed by atoms with Gasteiger partial charge in [0.05, 0.1) is 24.1 Å². The first-order valence-corrected chi connectivity index (χ1v) is 11.0. The molecule has 0 fully saturated rings. The molecule has 0 heterocycles. The Bertz CT molecular complexity index is 1150. The molecule has 0 aliphatic rings. The number of rotatable bonds is 7. The van der Waals surface area contributed by atoms with Gasteiger partial charge in [-0.2, -0.15) is 0 Å². The van der Waals surface area contributed by atoms with E-state index in [0.717, 1.165) is 5.56 Å². The largest absolute Gasteiger partial charge is 0.495 e. The normalized spacial score (nSPS) is 11.0. The fourth-order valence-corrected chi connectivity index (χ4v) is 4.00. The van der Waals surface area contributed by atoms with Gasteiger partial charge in [-0.25, -0.2) is 8.42 Å². The Balaban J connectivity index is 1.80. The second kappa shape index (κ2) is 9.38. The van der Waals surface area contributed by atoms with Crippen molar-refractivity contribution in [2.45, 2.75) is 11.3 Å². The number of hydrogen-bond acceptors (Lipinski definition) is 4. The number of sulfonamides is 1. The minimum atomic E-state index is -3.89. The van der Waals surface area contributed by atoms with Crippen molar-refractivity contribution >= 4 is 50.5 Å². The van der Waals surface area contributed by atoms with E-state index in [1.165, 1.54) is 25.3 Å². The lowest BCUT2D eigenvalue weighted by atomic mass is 10.1. The van der Waals surface area contributed by atoms with E-state index < -0.39 is 10.0 Å². The summed E-state index contributed by atoms with van der Waals surface area (Å²) in [4.78, 5) is 12.4. The van der Waals surface area contributed by atoms with E-state index in [1.54, 1.807) is 48.5 Å². The Morgan fingerprint density at radius 3 is 2.13 bits per heavy atom. The van der Waals surface area contributed by atoms with Gasteiger partial charge >= 0.3 is 0 Å². The Labute approximate surface area is 184 Å². The smallest absolute Gasteiger partial charge is 0.261 e. The average molecular weight is 465 g/mol. The summed E-state index contributed by atoms with van der Waals surface area (Å²) in [6, 6.07) is 17.4. The van der Waals surface area contributed by atoms with Crippen molar-refractivity contribution in [3.8, 4) is 5.75 Å². The molecule has 0 spiro atoms. The van der Waals surface area contributed by atoms with Crippen LogP contribution in [-0.2, 0) is 21.2 Å². The summed E-state index contributed by atoms with van der Waals surface area (Å²) in [6.07, 6.45) is 0.0975. The monoisotopic (exact) mass is 464 g/mol.